The van der Waals surface area contributed by atoms with Gasteiger partial charge in [-0.05, 0) is 38.8 Å². The first kappa shape index (κ1) is 15.4. The van der Waals surface area contributed by atoms with Gasteiger partial charge >= 0.3 is 0 Å². The Morgan fingerprint density at radius 3 is 3.00 bits per heavy atom. The summed E-state index contributed by atoms with van der Waals surface area (Å²) in [6.45, 7) is 5.83. The molecule has 0 aliphatic carbocycles. The van der Waals surface area contributed by atoms with Gasteiger partial charge in [0.25, 0.3) is 5.91 Å². The number of rotatable bonds is 2. The van der Waals surface area contributed by atoms with Crippen LogP contribution in [0.15, 0.2) is 18.2 Å². The summed E-state index contributed by atoms with van der Waals surface area (Å²) in [5, 5.41) is 1.15. The number of benzene rings is 1. The third-order valence-corrected chi connectivity index (χ3v) is 5.97. The highest BCUT2D eigenvalue weighted by molar-refractivity contribution is 7.11. The van der Waals surface area contributed by atoms with Crippen LogP contribution < -0.4 is 9.47 Å². The van der Waals surface area contributed by atoms with Crippen LogP contribution >= 0.6 is 11.3 Å². The summed E-state index contributed by atoms with van der Waals surface area (Å²) in [5.74, 6) is 1.58. The predicted octanol–water partition coefficient (Wildman–Crippen LogP) is 3.51. The summed E-state index contributed by atoms with van der Waals surface area (Å²) in [4.78, 5) is 20.9. The molecule has 24 heavy (non-hydrogen) atoms. The van der Waals surface area contributed by atoms with Crippen LogP contribution in [0.25, 0.3) is 0 Å². The molecule has 2 aliphatic rings. The molecule has 1 fully saturated rings. The zero-order valence-corrected chi connectivity index (χ0v) is 14.7. The molecule has 0 spiro atoms. The van der Waals surface area contributed by atoms with E-state index in [2.05, 4.69) is 6.92 Å². The van der Waals surface area contributed by atoms with Gasteiger partial charge in [0.2, 0.25) is 6.79 Å². The molecule has 2 aliphatic heterocycles. The number of carbonyl (C=O) groups is 1. The van der Waals surface area contributed by atoms with Gasteiger partial charge in [-0.15, -0.1) is 11.3 Å². The fraction of sp³-hybridized carbons (Fsp3) is 0.444. The quantitative estimate of drug-likeness (QED) is 0.836. The molecule has 6 heteroatoms. The van der Waals surface area contributed by atoms with Crippen LogP contribution in [0.4, 0.5) is 0 Å². The van der Waals surface area contributed by atoms with E-state index in [1.807, 2.05) is 30.0 Å². The highest BCUT2D eigenvalue weighted by Gasteiger charge is 2.30. The molecule has 3 heterocycles. The second-order valence-corrected chi connectivity index (χ2v) is 7.56. The maximum atomic E-state index is 13.0. The number of hydrogen-bond donors (Lipinski definition) is 0. The van der Waals surface area contributed by atoms with Crippen LogP contribution in [-0.4, -0.2) is 35.7 Å². The van der Waals surface area contributed by atoms with Crippen molar-refractivity contribution in [2.45, 2.75) is 32.6 Å². The SMILES string of the molecule is Cc1nc([C@H]2CCCN(C(=O)c3cccc4c3OCO4)C2)sc1C. The van der Waals surface area contributed by atoms with Crippen molar-refractivity contribution in [1.82, 2.24) is 9.88 Å². The molecule has 4 rings (SSSR count). The number of likely N-dealkylation sites (tertiary alicyclic amines) is 1. The normalized spacial score (nSPS) is 19.6. The molecule has 0 N–H and O–H groups in total. The largest absolute Gasteiger partial charge is 0.454 e. The molecule has 126 valence electrons. The van der Waals surface area contributed by atoms with Gasteiger partial charge in [-0.3, -0.25) is 4.79 Å². The summed E-state index contributed by atoms with van der Waals surface area (Å²) in [7, 11) is 0. The van der Waals surface area contributed by atoms with Crippen LogP contribution in [0.5, 0.6) is 11.5 Å². The molecule has 0 saturated carbocycles. The highest BCUT2D eigenvalue weighted by Crippen LogP contribution is 2.37. The van der Waals surface area contributed by atoms with E-state index in [1.54, 1.807) is 11.3 Å². The van der Waals surface area contributed by atoms with Crippen molar-refractivity contribution in [1.29, 1.82) is 0 Å². The maximum absolute atomic E-state index is 13.0. The number of piperidine rings is 1. The van der Waals surface area contributed by atoms with Crippen molar-refractivity contribution in [3.05, 3.63) is 39.3 Å². The van der Waals surface area contributed by atoms with Crippen molar-refractivity contribution < 1.29 is 14.3 Å². The van der Waals surface area contributed by atoms with Crippen molar-refractivity contribution in [2.24, 2.45) is 0 Å². The number of fused-ring (bicyclic) bond motifs is 1. The fourth-order valence-electron chi connectivity index (χ4n) is 3.30. The summed E-state index contributed by atoms with van der Waals surface area (Å²) >= 11 is 1.76. The van der Waals surface area contributed by atoms with Gasteiger partial charge in [-0.1, -0.05) is 6.07 Å². The van der Waals surface area contributed by atoms with E-state index < -0.39 is 0 Å². The number of ether oxygens (including phenoxy) is 2. The molecule has 5 nitrogen and oxygen atoms in total. The van der Waals surface area contributed by atoms with E-state index in [0.29, 0.717) is 23.0 Å². The third-order valence-electron chi connectivity index (χ3n) is 4.73. The number of thiazole rings is 1. The zero-order chi connectivity index (χ0) is 16.7. The molecule has 1 amide bonds. The number of nitrogens with zero attached hydrogens (tertiary/aromatic N) is 2. The van der Waals surface area contributed by atoms with Crippen LogP contribution in [-0.2, 0) is 0 Å². The van der Waals surface area contributed by atoms with Gasteiger partial charge in [-0.25, -0.2) is 4.98 Å². The van der Waals surface area contributed by atoms with Gasteiger partial charge < -0.3 is 14.4 Å². The number of carbonyl (C=O) groups excluding carboxylic acids is 1. The number of amides is 1. The van der Waals surface area contributed by atoms with E-state index in [9.17, 15) is 4.79 Å². The molecule has 0 radical (unpaired) electrons. The summed E-state index contributed by atoms with van der Waals surface area (Å²) in [5.41, 5.74) is 1.70. The minimum Gasteiger partial charge on any atom is -0.454 e. The Morgan fingerprint density at radius 2 is 2.21 bits per heavy atom. The van der Waals surface area contributed by atoms with Crippen LogP contribution in [0, 0.1) is 13.8 Å². The first-order valence-corrected chi connectivity index (χ1v) is 9.07. The van der Waals surface area contributed by atoms with Gasteiger partial charge in [0.1, 0.15) is 0 Å². The van der Waals surface area contributed by atoms with Crippen LogP contribution in [0.3, 0.4) is 0 Å². The topological polar surface area (TPSA) is 51.7 Å². The minimum atomic E-state index is 0.0204. The molecule has 2 aromatic rings. The average molecular weight is 344 g/mol. The van der Waals surface area contributed by atoms with Gasteiger partial charge in [0, 0.05) is 23.9 Å². The first-order valence-electron chi connectivity index (χ1n) is 8.25. The lowest BCUT2D eigenvalue weighted by Gasteiger charge is -2.32. The third kappa shape index (κ3) is 2.65. The zero-order valence-electron chi connectivity index (χ0n) is 13.9. The molecule has 1 saturated heterocycles. The van der Waals surface area contributed by atoms with Crippen molar-refractivity contribution in [3.8, 4) is 11.5 Å². The number of aryl methyl sites for hydroxylation is 2. The Balaban J connectivity index is 1.56. The second-order valence-electron chi connectivity index (χ2n) is 6.32. The standard InChI is InChI=1S/C18H20N2O3S/c1-11-12(2)24-17(19-11)13-5-4-8-20(9-13)18(21)14-6-3-7-15-16(14)23-10-22-15/h3,6-7,13H,4-5,8-10H2,1-2H3/t13-/m0/s1. The lowest BCUT2D eigenvalue weighted by molar-refractivity contribution is 0.0702. The van der Waals surface area contributed by atoms with E-state index in [1.165, 1.54) is 4.88 Å². The van der Waals surface area contributed by atoms with E-state index in [0.717, 1.165) is 36.6 Å². The van der Waals surface area contributed by atoms with Crippen molar-refractivity contribution in [3.63, 3.8) is 0 Å². The molecule has 0 unspecified atom stereocenters. The van der Waals surface area contributed by atoms with Gasteiger partial charge in [0.15, 0.2) is 11.5 Å². The minimum absolute atomic E-state index is 0.0204. The highest BCUT2D eigenvalue weighted by atomic mass is 32.1. The summed E-state index contributed by atoms with van der Waals surface area (Å²) < 4.78 is 10.9. The maximum Gasteiger partial charge on any atom is 0.257 e. The van der Waals surface area contributed by atoms with Crippen molar-refractivity contribution in [2.75, 3.05) is 19.9 Å². The van der Waals surface area contributed by atoms with Gasteiger partial charge in [-0.2, -0.15) is 0 Å². The predicted molar refractivity (Wildman–Crippen MR) is 92.0 cm³/mol. The van der Waals surface area contributed by atoms with Crippen LogP contribution in [0.1, 0.15) is 44.7 Å². The monoisotopic (exact) mass is 344 g/mol. The Bertz CT molecular complexity index is 767. The Morgan fingerprint density at radius 1 is 1.33 bits per heavy atom. The molecule has 1 aromatic heterocycles. The lowest BCUT2D eigenvalue weighted by atomic mass is 9.98. The molecule has 1 aromatic carbocycles. The smallest absolute Gasteiger partial charge is 0.257 e. The average Bonchev–Trinajstić information content (AvgIpc) is 3.21. The Labute approximate surface area is 145 Å². The van der Waals surface area contributed by atoms with E-state index in [4.69, 9.17) is 14.5 Å². The number of para-hydroxylation sites is 1. The van der Waals surface area contributed by atoms with Gasteiger partial charge in [0.05, 0.1) is 16.3 Å². The fourth-order valence-corrected chi connectivity index (χ4v) is 4.35. The Hall–Kier alpha value is -2.08. The molecule has 1 atom stereocenters. The summed E-state index contributed by atoms with van der Waals surface area (Å²) in [6, 6.07) is 5.49. The van der Waals surface area contributed by atoms with E-state index >= 15 is 0 Å². The second kappa shape index (κ2) is 6.09. The van der Waals surface area contributed by atoms with E-state index in [-0.39, 0.29) is 12.7 Å². The molecule has 0 bridgehead atoms. The Kier molecular flexibility index (Phi) is 3.92. The van der Waals surface area contributed by atoms with Crippen LogP contribution in [0.2, 0.25) is 0 Å². The summed E-state index contributed by atoms with van der Waals surface area (Å²) in [6.07, 6.45) is 2.09. The molecular formula is C18H20N2O3S. The van der Waals surface area contributed by atoms with Crippen molar-refractivity contribution >= 4 is 17.2 Å². The molecular weight excluding hydrogens is 324 g/mol. The first-order chi connectivity index (χ1) is 11.6. The number of aromatic nitrogens is 1. The lowest BCUT2D eigenvalue weighted by Crippen LogP contribution is -2.39. The number of hydrogen-bond acceptors (Lipinski definition) is 5.